The Hall–Kier alpha value is -2.55. The average Bonchev–Trinajstić information content (AvgIpc) is 3.03. The lowest BCUT2D eigenvalue weighted by Crippen LogP contribution is -2.47. The molecule has 1 aromatic carbocycles. The lowest BCUT2D eigenvalue weighted by Gasteiger charge is -2.27. The van der Waals surface area contributed by atoms with Crippen LogP contribution >= 0.6 is 0 Å². The van der Waals surface area contributed by atoms with Gasteiger partial charge in [0.15, 0.2) is 5.96 Å². The lowest BCUT2D eigenvalue weighted by molar-refractivity contribution is 0.289. The number of halogens is 2. The summed E-state index contributed by atoms with van der Waals surface area (Å²) < 4.78 is 30.5. The molecule has 1 aromatic heterocycles. The van der Waals surface area contributed by atoms with Crippen molar-refractivity contribution in [2.75, 3.05) is 27.2 Å². The Morgan fingerprint density at radius 3 is 2.72 bits per heavy atom. The van der Waals surface area contributed by atoms with Crippen molar-refractivity contribution >= 4 is 5.96 Å². The van der Waals surface area contributed by atoms with Gasteiger partial charge < -0.3 is 15.5 Å². The first-order chi connectivity index (χ1) is 13.9. The molecule has 2 heterocycles. The number of hydrogen-bond acceptors (Lipinski definition) is 4. The molecule has 2 N–H and O–H groups in total. The number of nitrogens with zero attached hydrogens (tertiary/aromatic N) is 5. The van der Waals surface area contributed by atoms with Gasteiger partial charge in [0, 0.05) is 24.6 Å². The molecule has 0 radical (unpaired) electrons. The fourth-order valence-electron chi connectivity index (χ4n) is 3.58. The van der Waals surface area contributed by atoms with Crippen LogP contribution < -0.4 is 10.6 Å². The maximum Gasteiger partial charge on any atom is 0.191 e. The normalized spacial score (nSPS) is 17.9. The van der Waals surface area contributed by atoms with Crippen LogP contribution in [0.5, 0.6) is 0 Å². The second-order valence-electron chi connectivity index (χ2n) is 7.47. The summed E-state index contributed by atoms with van der Waals surface area (Å²) in [4.78, 5) is 10.8. The Balaban J connectivity index is 1.74. The fraction of sp³-hybridized carbons (Fsp3) is 0.550. The summed E-state index contributed by atoms with van der Waals surface area (Å²) in [6.07, 6.45) is 1.76. The molecule has 0 aliphatic carbocycles. The van der Waals surface area contributed by atoms with Gasteiger partial charge in [-0.05, 0) is 46.5 Å². The van der Waals surface area contributed by atoms with E-state index in [9.17, 15) is 8.78 Å². The maximum absolute atomic E-state index is 14.3. The van der Waals surface area contributed by atoms with Crippen molar-refractivity contribution in [3.8, 4) is 0 Å². The lowest BCUT2D eigenvalue weighted by atomic mass is 10.0. The van der Waals surface area contributed by atoms with E-state index in [0.717, 1.165) is 24.5 Å². The summed E-state index contributed by atoms with van der Waals surface area (Å²) in [5.41, 5.74) is 0.0393. The van der Waals surface area contributed by atoms with E-state index in [1.807, 2.05) is 18.5 Å². The Morgan fingerprint density at radius 1 is 1.34 bits per heavy atom. The Labute approximate surface area is 170 Å². The predicted octanol–water partition coefficient (Wildman–Crippen LogP) is 2.04. The molecule has 0 amide bonds. The number of hydrogen-bond donors (Lipinski definition) is 2. The molecule has 2 atom stereocenters. The smallest absolute Gasteiger partial charge is 0.191 e. The summed E-state index contributed by atoms with van der Waals surface area (Å²) in [6.45, 7) is 5.49. The van der Waals surface area contributed by atoms with Crippen molar-refractivity contribution in [2.45, 2.75) is 45.3 Å². The Bertz CT molecular complexity index is 842. The summed E-state index contributed by atoms with van der Waals surface area (Å²) in [7, 11) is 3.59. The van der Waals surface area contributed by atoms with Gasteiger partial charge in [-0.2, -0.15) is 5.10 Å². The van der Waals surface area contributed by atoms with Crippen LogP contribution in [0.25, 0.3) is 0 Å². The quantitative estimate of drug-likeness (QED) is 0.569. The number of benzene rings is 1. The number of nitrogens with one attached hydrogen (secondary N) is 2. The van der Waals surface area contributed by atoms with Crippen molar-refractivity contribution in [2.24, 2.45) is 4.99 Å². The Morgan fingerprint density at radius 2 is 2.07 bits per heavy atom. The van der Waals surface area contributed by atoms with Gasteiger partial charge in [-0.3, -0.25) is 4.99 Å². The van der Waals surface area contributed by atoms with Crippen LogP contribution in [0.15, 0.2) is 23.2 Å². The van der Waals surface area contributed by atoms with Crippen LogP contribution in [-0.2, 0) is 13.0 Å². The highest BCUT2D eigenvalue weighted by Crippen LogP contribution is 2.24. The van der Waals surface area contributed by atoms with Gasteiger partial charge in [0.05, 0.1) is 19.1 Å². The van der Waals surface area contributed by atoms with E-state index in [-0.39, 0.29) is 18.2 Å². The van der Waals surface area contributed by atoms with E-state index in [4.69, 9.17) is 0 Å². The third-order valence-electron chi connectivity index (χ3n) is 5.03. The van der Waals surface area contributed by atoms with E-state index in [0.29, 0.717) is 19.0 Å². The first-order valence-corrected chi connectivity index (χ1v) is 9.94. The first-order valence-electron chi connectivity index (χ1n) is 9.94. The number of likely N-dealkylation sites (N-methyl/N-ethyl adjacent to an activating group) is 1. The average molecular weight is 405 g/mol. The highest BCUT2D eigenvalue weighted by molar-refractivity contribution is 5.80. The maximum atomic E-state index is 14.3. The van der Waals surface area contributed by atoms with Gasteiger partial charge in [-0.15, -0.1) is 0 Å². The van der Waals surface area contributed by atoms with Gasteiger partial charge in [0.1, 0.15) is 23.3 Å². The summed E-state index contributed by atoms with van der Waals surface area (Å²) in [6, 6.07) is 3.58. The summed E-state index contributed by atoms with van der Waals surface area (Å²) >= 11 is 0. The van der Waals surface area contributed by atoms with Crippen LogP contribution in [0, 0.1) is 18.6 Å². The number of aromatic nitrogens is 3. The third kappa shape index (κ3) is 5.09. The number of guanidine groups is 1. The minimum Gasteiger partial charge on any atom is -0.357 e. The van der Waals surface area contributed by atoms with Crippen molar-refractivity contribution in [3.63, 3.8) is 0 Å². The van der Waals surface area contributed by atoms with Gasteiger partial charge >= 0.3 is 0 Å². The van der Waals surface area contributed by atoms with Gasteiger partial charge in [-0.25, -0.2) is 18.4 Å². The minimum atomic E-state index is -0.557. The second-order valence-corrected chi connectivity index (χ2v) is 7.47. The topological polar surface area (TPSA) is 70.4 Å². The van der Waals surface area contributed by atoms with Gasteiger partial charge in [0.2, 0.25) is 0 Å². The van der Waals surface area contributed by atoms with Crippen molar-refractivity contribution in [1.29, 1.82) is 0 Å². The number of rotatable bonds is 6. The molecule has 1 aliphatic rings. The molecule has 0 fully saturated rings. The molecule has 29 heavy (non-hydrogen) atoms. The zero-order chi connectivity index (χ0) is 21.0. The molecule has 7 nitrogen and oxygen atoms in total. The molecule has 0 bridgehead atoms. The fourth-order valence-corrected chi connectivity index (χ4v) is 3.58. The van der Waals surface area contributed by atoms with Gasteiger partial charge in [-0.1, -0.05) is 6.07 Å². The zero-order valence-electron chi connectivity index (χ0n) is 17.4. The van der Waals surface area contributed by atoms with Crippen LogP contribution in [-0.4, -0.2) is 58.9 Å². The van der Waals surface area contributed by atoms with Crippen molar-refractivity contribution < 1.29 is 8.78 Å². The molecule has 158 valence electrons. The second kappa shape index (κ2) is 9.30. The highest BCUT2D eigenvalue weighted by Gasteiger charge is 2.24. The number of aryl methyl sites for hydroxylation is 2. The molecule has 2 aromatic rings. The molecule has 9 heteroatoms. The van der Waals surface area contributed by atoms with E-state index in [1.165, 1.54) is 18.2 Å². The summed E-state index contributed by atoms with van der Waals surface area (Å²) in [5.74, 6) is 1.30. The third-order valence-corrected chi connectivity index (χ3v) is 5.03. The highest BCUT2D eigenvalue weighted by atomic mass is 19.1. The monoisotopic (exact) mass is 405 g/mol. The van der Waals surface area contributed by atoms with E-state index >= 15 is 0 Å². The molecule has 0 saturated heterocycles. The van der Waals surface area contributed by atoms with Crippen LogP contribution in [0.2, 0.25) is 0 Å². The Kier molecular flexibility index (Phi) is 6.79. The number of fused-ring (bicyclic) bond motifs is 1. The minimum absolute atomic E-state index is 0.0393. The van der Waals surface area contributed by atoms with Crippen LogP contribution in [0.1, 0.15) is 36.6 Å². The molecule has 2 unspecified atom stereocenters. The van der Waals surface area contributed by atoms with E-state index in [2.05, 4.69) is 25.7 Å². The predicted molar refractivity (Wildman–Crippen MR) is 109 cm³/mol. The molecule has 0 saturated carbocycles. The standard InChI is InChI=1S/C20H29F2N7/c1-5-23-20(26-14-9-10-18-25-13(2)27-29(18)12-14)24-11-17(28(3)4)19-15(21)7-6-8-16(19)22/h6-8,14,17H,5,9-12H2,1-4H3,(H2,23,24,26). The van der Waals surface area contributed by atoms with Crippen molar-refractivity contribution in [1.82, 2.24) is 30.3 Å². The molecule has 1 aliphatic heterocycles. The molecular weight excluding hydrogens is 376 g/mol. The van der Waals surface area contributed by atoms with Crippen LogP contribution in [0.3, 0.4) is 0 Å². The largest absolute Gasteiger partial charge is 0.357 e. The first kappa shape index (κ1) is 21.2. The SMILES string of the molecule is CCNC(=NCC(c1c(F)cccc1F)N(C)C)NC1CCc2nc(C)nn2C1. The molecule has 3 rings (SSSR count). The van der Waals surface area contributed by atoms with Crippen LogP contribution in [0.4, 0.5) is 8.78 Å². The number of aliphatic imine (C=N–C) groups is 1. The van der Waals surface area contributed by atoms with E-state index in [1.54, 1.807) is 19.0 Å². The van der Waals surface area contributed by atoms with E-state index < -0.39 is 17.7 Å². The molecular formula is C20H29F2N7. The van der Waals surface area contributed by atoms with Crippen molar-refractivity contribution in [3.05, 3.63) is 47.0 Å². The zero-order valence-corrected chi connectivity index (χ0v) is 17.4. The summed E-state index contributed by atoms with van der Waals surface area (Å²) in [5, 5.41) is 11.1. The van der Waals surface area contributed by atoms with Gasteiger partial charge in [0.25, 0.3) is 0 Å². The molecule has 0 spiro atoms.